The Hall–Kier alpha value is -4.88. The summed E-state index contributed by atoms with van der Waals surface area (Å²) in [7, 11) is 0. The normalized spacial score (nSPS) is 18.4. The SMILES string of the molecule is CC/C=C\C/C=C\C/C=C\C/C=C\C/C=C\CCCC(=O)OC1C(OCC(COC(=O)CCCCCCCC/C=C\C/C=C\C/C=C\CCCCC)OC(=O)CCCCCCCCC/C=C\C/C=C\CCCCC)OC(C(=O)O)C(O)C1O. The number of hydrogen-bond acceptors (Lipinski definition) is 11. The first-order valence-corrected chi connectivity index (χ1v) is 32.5. The summed E-state index contributed by atoms with van der Waals surface area (Å²) >= 11 is 0. The quantitative estimate of drug-likeness (QED) is 0.0228. The molecule has 0 aromatic heterocycles. The first-order chi connectivity index (χ1) is 40.6. The number of unbranched alkanes of at least 4 members (excludes halogenated alkanes) is 20. The lowest BCUT2D eigenvalue weighted by molar-refractivity contribution is -0.301. The Morgan fingerprint density at radius 3 is 1.19 bits per heavy atom. The minimum absolute atomic E-state index is 0.0259. The van der Waals surface area contributed by atoms with E-state index in [4.69, 9.17) is 23.7 Å². The molecule has 470 valence electrons. The van der Waals surface area contributed by atoms with Crippen LogP contribution in [0.5, 0.6) is 0 Å². The van der Waals surface area contributed by atoms with Gasteiger partial charge in [-0.2, -0.15) is 0 Å². The van der Waals surface area contributed by atoms with E-state index in [9.17, 15) is 34.5 Å². The van der Waals surface area contributed by atoms with Crippen molar-refractivity contribution in [3.63, 3.8) is 0 Å². The van der Waals surface area contributed by atoms with E-state index in [1.54, 1.807) is 0 Å². The molecule has 6 unspecified atom stereocenters. The maximum Gasteiger partial charge on any atom is 0.335 e. The van der Waals surface area contributed by atoms with Crippen LogP contribution < -0.4 is 0 Å². The van der Waals surface area contributed by atoms with E-state index in [1.165, 1.54) is 44.9 Å². The number of carboxylic acids is 1. The average molecular weight is 1160 g/mol. The van der Waals surface area contributed by atoms with Crippen LogP contribution in [-0.4, -0.2) is 89.2 Å². The number of carboxylic acid groups (broad SMARTS) is 1. The van der Waals surface area contributed by atoms with Crippen LogP contribution in [0.4, 0.5) is 0 Å². The molecule has 1 heterocycles. The van der Waals surface area contributed by atoms with Gasteiger partial charge in [-0.15, -0.1) is 0 Å². The minimum Gasteiger partial charge on any atom is -0.479 e. The number of aliphatic hydroxyl groups excluding tert-OH is 2. The maximum absolute atomic E-state index is 13.2. The van der Waals surface area contributed by atoms with Gasteiger partial charge in [0.2, 0.25) is 0 Å². The van der Waals surface area contributed by atoms with Crippen LogP contribution in [0.3, 0.4) is 0 Å². The van der Waals surface area contributed by atoms with Crippen molar-refractivity contribution in [1.29, 1.82) is 0 Å². The Bertz CT molecular complexity index is 1900. The molecule has 1 aliphatic rings. The van der Waals surface area contributed by atoms with Crippen molar-refractivity contribution in [2.24, 2.45) is 0 Å². The van der Waals surface area contributed by atoms with Crippen LogP contribution in [0.2, 0.25) is 0 Å². The number of rotatable bonds is 54. The van der Waals surface area contributed by atoms with Crippen LogP contribution in [0.25, 0.3) is 0 Å². The summed E-state index contributed by atoms with van der Waals surface area (Å²) in [4.78, 5) is 51.3. The van der Waals surface area contributed by atoms with Gasteiger partial charge < -0.3 is 39.0 Å². The number of carbonyl (C=O) groups is 4. The summed E-state index contributed by atoms with van der Waals surface area (Å²) in [6.45, 7) is 5.80. The fraction of sp³-hybridized carbons (Fsp3) is 0.662. The molecule has 0 bridgehead atoms. The Kier molecular flexibility index (Phi) is 52.8. The Morgan fingerprint density at radius 1 is 0.410 bits per heavy atom. The molecule has 1 aliphatic heterocycles. The maximum atomic E-state index is 13.2. The largest absolute Gasteiger partial charge is 0.479 e. The molecule has 0 radical (unpaired) electrons. The van der Waals surface area contributed by atoms with E-state index in [-0.39, 0.29) is 25.9 Å². The van der Waals surface area contributed by atoms with Crippen molar-refractivity contribution >= 4 is 23.9 Å². The molecule has 3 N–H and O–H groups in total. The first-order valence-electron chi connectivity index (χ1n) is 32.5. The molecule has 12 heteroatoms. The molecule has 83 heavy (non-hydrogen) atoms. The summed E-state index contributed by atoms with van der Waals surface area (Å²) in [5, 5.41) is 31.6. The van der Waals surface area contributed by atoms with Gasteiger partial charge in [0.05, 0.1) is 6.61 Å². The minimum atomic E-state index is -1.93. The van der Waals surface area contributed by atoms with Gasteiger partial charge in [0, 0.05) is 19.3 Å². The lowest BCUT2D eigenvalue weighted by atomic mass is 9.98. The molecule has 0 aromatic carbocycles. The van der Waals surface area contributed by atoms with Gasteiger partial charge in [-0.3, -0.25) is 14.4 Å². The van der Waals surface area contributed by atoms with E-state index >= 15 is 0 Å². The highest BCUT2D eigenvalue weighted by Gasteiger charge is 2.50. The lowest BCUT2D eigenvalue weighted by Crippen LogP contribution is -2.61. The third-order valence-corrected chi connectivity index (χ3v) is 14.0. The molecule has 1 saturated heterocycles. The monoisotopic (exact) mass is 1160 g/mol. The highest BCUT2D eigenvalue weighted by Crippen LogP contribution is 2.26. The zero-order chi connectivity index (χ0) is 60.3. The number of aliphatic carboxylic acids is 1. The molecule has 6 atom stereocenters. The predicted octanol–water partition coefficient (Wildman–Crippen LogP) is 17.6. The third-order valence-electron chi connectivity index (χ3n) is 14.0. The first kappa shape index (κ1) is 76.1. The van der Waals surface area contributed by atoms with E-state index < -0.39 is 67.3 Å². The average Bonchev–Trinajstić information content (AvgIpc) is 3.55. The Balaban J connectivity index is 2.72. The topological polar surface area (TPSA) is 175 Å². The number of carbonyl (C=O) groups excluding carboxylic acids is 3. The Morgan fingerprint density at radius 2 is 0.771 bits per heavy atom. The second kappa shape index (κ2) is 57.5. The number of hydrogen-bond donors (Lipinski definition) is 3. The number of allylic oxidation sites excluding steroid dienone is 20. The standard InChI is InChI=1S/C71H114O12/c1-4-7-10-13-16-19-22-25-28-31-32-35-36-39-42-45-48-51-54-57-63(72)79-60-62(81-64(73)58-55-52-49-46-43-40-37-33-29-26-23-20-17-14-11-8-5-2)61-80-71-69(67(76)66(75)68(83-71)70(77)78)82-65(74)59-56-53-50-47-44-41-38-34-30-27-24-21-18-15-12-9-6-3/h9,12,16-21,25-30,32,35,38,41,47,50,62,66-69,71,75-76H,4-8,10-11,13-15,22-24,31,33-34,36-37,39-40,42-46,48-49,51-61H2,1-3H3,(H,77,78)/b12-9-,19-16-,20-17-,21-18-,28-25-,29-26-,30-27-,35-32-,41-38-,50-47-. The van der Waals surface area contributed by atoms with E-state index in [0.29, 0.717) is 25.7 Å². The lowest BCUT2D eigenvalue weighted by Gasteiger charge is -2.40. The Labute approximate surface area is 503 Å². The molecule has 0 saturated carbocycles. The molecule has 12 nitrogen and oxygen atoms in total. The molecule has 0 amide bonds. The fourth-order valence-corrected chi connectivity index (χ4v) is 9.03. The summed E-state index contributed by atoms with van der Waals surface area (Å²) in [5.74, 6) is -3.23. The van der Waals surface area contributed by atoms with Crippen molar-refractivity contribution in [3.8, 4) is 0 Å². The molecule has 1 rings (SSSR count). The van der Waals surface area contributed by atoms with Crippen LogP contribution >= 0.6 is 0 Å². The van der Waals surface area contributed by atoms with Crippen molar-refractivity contribution in [1.82, 2.24) is 0 Å². The van der Waals surface area contributed by atoms with Crippen LogP contribution in [0, 0.1) is 0 Å². The number of aliphatic hydroxyl groups is 2. The van der Waals surface area contributed by atoms with Gasteiger partial charge in [0.1, 0.15) is 18.8 Å². The summed E-state index contributed by atoms with van der Waals surface area (Å²) in [5.41, 5.74) is 0. The van der Waals surface area contributed by atoms with Crippen molar-refractivity contribution in [3.05, 3.63) is 122 Å². The predicted molar refractivity (Wildman–Crippen MR) is 340 cm³/mol. The molecule has 1 fully saturated rings. The fourth-order valence-electron chi connectivity index (χ4n) is 9.03. The van der Waals surface area contributed by atoms with E-state index in [1.807, 2.05) is 12.2 Å². The van der Waals surface area contributed by atoms with E-state index in [0.717, 1.165) is 141 Å². The highest BCUT2D eigenvalue weighted by atomic mass is 16.7. The van der Waals surface area contributed by atoms with Crippen molar-refractivity contribution < 1.29 is 58.2 Å². The third kappa shape index (κ3) is 47.1. The molecular weight excluding hydrogens is 1040 g/mol. The van der Waals surface area contributed by atoms with Gasteiger partial charge in [0.25, 0.3) is 0 Å². The zero-order valence-electron chi connectivity index (χ0n) is 51.9. The summed E-state index contributed by atoms with van der Waals surface area (Å²) in [6, 6.07) is 0. The van der Waals surface area contributed by atoms with Crippen LogP contribution in [0.15, 0.2) is 122 Å². The smallest absolute Gasteiger partial charge is 0.335 e. The highest BCUT2D eigenvalue weighted by molar-refractivity contribution is 5.74. The van der Waals surface area contributed by atoms with Gasteiger partial charge in [-0.05, 0) is 128 Å². The van der Waals surface area contributed by atoms with Gasteiger partial charge in [0.15, 0.2) is 24.6 Å². The zero-order valence-corrected chi connectivity index (χ0v) is 51.9. The molecule has 0 aromatic rings. The molecular formula is C71H114O12. The molecule has 0 spiro atoms. The van der Waals surface area contributed by atoms with Crippen LogP contribution in [-0.2, 0) is 42.9 Å². The van der Waals surface area contributed by atoms with Gasteiger partial charge >= 0.3 is 23.9 Å². The summed E-state index contributed by atoms with van der Waals surface area (Å²) in [6.07, 6.45) is 67.2. The van der Waals surface area contributed by atoms with Crippen LogP contribution in [0.1, 0.15) is 252 Å². The van der Waals surface area contributed by atoms with Crippen molar-refractivity contribution in [2.45, 2.75) is 289 Å². The van der Waals surface area contributed by atoms with E-state index in [2.05, 4.69) is 130 Å². The van der Waals surface area contributed by atoms with Gasteiger partial charge in [-0.25, -0.2) is 4.79 Å². The second-order valence-electron chi connectivity index (χ2n) is 21.7. The second-order valence-corrected chi connectivity index (χ2v) is 21.7. The number of esters is 3. The number of ether oxygens (including phenoxy) is 5. The summed E-state index contributed by atoms with van der Waals surface area (Å²) < 4.78 is 28.5. The molecule has 0 aliphatic carbocycles. The van der Waals surface area contributed by atoms with Crippen molar-refractivity contribution in [2.75, 3.05) is 13.2 Å². The van der Waals surface area contributed by atoms with Gasteiger partial charge in [-0.1, -0.05) is 226 Å².